The summed E-state index contributed by atoms with van der Waals surface area (Å²) in [5, 5.41) is 3.16. The highest BCUT2D eigenvalue weighted by molar-refractivity contribution is 6.10. The lowest BCUT2D eigenvalue weighted by Gasteiger charge is -2.33. The highest BCUT2D eigenvalue weighted by Gasteiger charge is 2.37. The Morgan fingerprint density at radius 1 is 1.16 bits per heavy atom. The Balaban J connectivity index is 1.30. The van der Waals surface area contributed by atoms with Crippen LogP contribution in [0.25, 0.3) is 0 Å². The lowest BCUT2D eigenvalue weighted by molar-refractivity contribution is 0.0126. The van der Waals surface area contributed by atoms with Crippen LogP contribution in [-0.2, 0) is 4.74 Å². The van der Waals surface area contributed by atoms with Crippen molar-refractivity contribution in [3.05, 3.63) is 36.0 Å². The largest absolute Gasteiger partial charge is 0.490 e. The fourth-order valence-corrected chi connectivity index (χ4v) is 5.35. The average Bonchev–Trinajstić information content (AvgIpc) is 3.31. The van der Waals surface area contributed by atoms with Crippen LogP contribution in [-0.4, -0.2) is 77.3 Å². The Morgan fingerprint density at radius 2 is 1.95 bits per heavy atom. The van der Waals surface area contributed by atoms with Gasteiger partial charge in [-0.25, -0.2) is 9.78 Å². The Morgan fingerprint density at radius 3 is 2.68 bits per heavy atom. The maximum atomic E-state index is 13.7. The van der Waals surface area contributed by atoms with Gasteiger partial charge in [-0.2, -0.15) is 4.98 Å². The lowest BCUT2D eigenvalue weighted by atomic mass is 10.1. The van der Waals surface area contributed by atoms with E-state index in [-0.39, 0.29) is 24.1 Å². The van der Waals surface area contributed by atoms with Gasteiger partial charge in [0, 0.05) is 69.6 Å². The topological polar surface area (TPSA) is 100 Å². The Kier molecular flexibility index (Phi) is 7.32. The molecular weight excluding hydrogens is 484 g/mol. The highest BCUT2D eigenvalue weighted by atomic mass is 16.6. The number of aromatic nitrogens is 2. The molecular formula is C28H38N6O4. The van der Waals surface area contributed by atoms with E-state index in [1.54, 1.807) is 11.1 Å². The number of fused-ring (bicyclic) bond motifs is 3. The summed E-state index contributed by atoms with van der Waals surface area (Å²) in [6.45, 7) is 11.0. The molecule has 10 nitrogen and oxygen atoms in total. The highest BCUT2D eigenvalue weighted by Crippen LogP contribution is 2.35. The molecule has 2 fully saturated rings. The van der Waals surface area contributed by atoms with E-state index in [0.29, 0.717) is 31.1 Å². The summed E-state index contributed by atoms with van der Waals surface area (Å²) >= 11 is 0. The van der Waals surface area contributed by atoms with E-state index in [4.69, 9.17) is 14.5 Å². The van der Waals surface area contributed by atoms with E-state index in [2.05, 4.69) is 15.2 Å². The minimum atomic E-state index is -0.507. The molecule has 0 aliphatic carbocycles. The molecule has 3 aliphatic heterocycles. The van der Waals surface area contributed by atoms with Crippen LogP contribution in [0.3, 0.4) is 0 Å². The number of rotatable bonds is 5. The number of piperidine rings is 1. The number of ether oxygens (including phenoxy) is 2. The summed E-state index contributed by atoms with van der Waals surface area (Å²) in [5.41, 5.74) is 0.818. The van der Waals surface area contributed by atoms with Crippen molar-refractivity contribution in [3.8, 4) is 5.75 Å². The van der Waals surface area contributed by atoms with Crippen molar-refractivity contribution in [1.82, 2.24) is 14.9 Å². The Bertz CT molecular complexity index is 1170. The molecule has 0 radical (unpaired) electrons. The van der Waals surface area contributed by atoms with Gasteiger partial charge in [0.25, 0.3) is 5.91 Å². The molecule has 3 aliphatic rings. The standard InChI is InChI=1S/C28H38N6O4/c1-5-29-26-30-17-23-24(31-26)33-13-7-9-20(33)18-34(25(23)35)19-8-6-10-22(16-19)37-21-11-14-32(15-12-21)27(36)38-28(2,3)4/h6,8,10,16-17,20-21H,5,7,9,11-15,18H2,1-4H3,(H,29,30,31). The lowest BCUT2D eigenvalue weighted by Crippen LogP contribution is -2.44. The smallest absolute Gasteiger partial charge is 0.410 e. The molecule has 0 saturated carbocycles. The SMILES string of the molecule is CCNc1ncc2c(n1)N1CCCC1CN(c1cccc(OC3CCN(C(=O)OC(C)(C)C)CC3)c1)C2=O. The van der Waals surface area contributed by atoms with Crippen molar-refractivity contribution in [3.63, 3.8) is 0 Å². The van der Waals surface area contributed by atoms with Crippen LogP contribution in [0.15, 0.2) is 30.5 Å². The van der Waals surface area contributed by atoms with Crippen LogP contribution in [0, 0.1) is 0 Å². The van der Waals surface area contributed by atoms with Crippen LogP contribution in [0.1, 0.15) is 63.7 Å². The first-order valence-electron chi connectivity index (χ1n) is 13.7. The molecule has 10 heteroatoms. The predicted molar refractivity (Wildman–Crippen MR) is 146 cm³/mol. The van der Waals surface area contributed by atoms with Gasteiger partial charge in [-0.15, -0.1) is 0 Å². The number of carbonyl (C=O) groups is 2. The van der Waals surface area contributed by atoms with Crippen LogP contribution >= 0.6 is 0 Å². The molecule has 1 N–H and O–H groups in total. The number of likely N-dealkylation sites (tertiary alicyclic amines) is 1. The Labute approximate surface area is 224 Å². The van der Waals surface area contributed by atoms with Crippen molar-refractivity contribution in [2.45, 2.75) is 71.1 Å². The number of hydrogen-bond donors (Lipinski definition) is 1. The van der Waals surface area contributed by atoms with Crippen LogP contribution < -0.4 is 19.9 Å². The fourth-order valence-electron chi connectivity index (χ4n) is 5.35. The molecule has 38 heavy (non-hydrogen) atoms. The number of nitrogens with zero attached hydrogens (tertiary/aromatic N) is 5. The number of carbonyl (C=O) groups excluding carboxylic acids is 2. The number of hydrogen-bond acceptors (Lipinski definition) is 8. The van der Waals surface area contributed by atoms with Crippen molar-refractivity contribution in [1.29, 1.82) is 0 Å². The second-order valence-corrected chi connectivity index (χ2v) is 11.1. The maximum absolute atomic E-state index is 13.7. The minimum absolute atomic E-state index is 0.00675. The first-order valence-corrected chi connectivity index (χ1v) is 13.7. The fraction of sp³-hybridized carbons (Fsp3) is 0.571. The second kappa shape index (κ2) is 10.7. The van der Waals surface area contributed by atoms with E-state index >= 15 is 0 Å². The van der Waals surface area contributed by atoms with Gasteiger partial charge in [-0.05, 0) is 52.7 Å². The van der Waals surface area contributed by atoms with E-state index in [0.717, 1.165) is 56.0 Å². The zero-order valence-electron chi connectivity index (χ0n) is 22.8. The summed E-state index contributed by atoms with van der Waals surface area (Å²) in [6.07, 6.45) is 4.89. The van der Waals surface area contributed by atoms with Gasteiger partial charge in [0.15, 0.2) is 0 Å². The molecule has 5 rings (SSSR count). The van der Waals surface area contributed by atoms with Crippen molar-refractivity contribution >= 4 is 29.5 Å². The van der Waals surface area contributed by atoms with Crippen molar-refractivity contribution in [2.75, 3.05) is 47.8 Å². The molecule has 1 aromatic heterocycles. The molecule has 2 aromatic rings. The monoisotopic (exact) mass is 522 g/mol. The average molecular weight is 523 g/mol. The van der Waals surface area contributed by atoms with Gasteiger partial charge in [-0.1, -0.05) is 6.07 Å². The van der Waals surface area contributed by atoms with Crippen molar-refractivity contribution in [2.24, 2.45) is 0 Å². The van der Waals surface area contributed by atoms with E-state index in [1.807, 2.05) is 56.9 Å². The van der Waals surface area contributed by atoms with Crippen LogP contribution in [0.2, 0.25) is 0 Å². The first kappa shape index (κ1) is 26.1. The van der Waals surface area contributed by atoms with E-state index in [9.17, 15) is 9.59 Å². The summed E-state index contributed by atoms with van der Waals surface area (Å²) in [6, 6.07) is 7.95. The van der Waals surface area contributed by atoms with Gasteiger partial charge in [0.1, 0.15) is 28.8 Å². The zero-order chi connectivity index (χ0) is 26.9. The summed E-state index contributed by atoms with van der Waals surface area (Å²) in [4.78, 5) is 41.1. The maximum Gasteiger partial charge on any atom is 0.410 e. The van der Waals surface area contributed by atoms with Gasteiger partial charge in [0.05, 0.1) is 0 Å². The third-order valence-corrected chi connectivity index (χ3v) is 7.15. The minimum Gasteiger partial charge on any atom is -0.490 e. The molecule has 0 spiro atoms. The Hall–Kier alpha value is -3.56. The van der Waals surface area contributed by atoms with E-state index < -0.39 is 5.60 Å². The van der Waals surface area contributed by atoms with Gasteiger partial charge < -0.3 is 29.5 Å². The third-order valence-electron chi connectivity index (χ3n) is 7.15. The number of anilines is 3. The second-order valence-electron chi connectivity index (χ2n) is 11.1. The van der Waals surface area contributed by atoms with Crippen LogP contribution in [0.4, 0.5) is 22.2 Å². The first-order chi connectivity index (χ1) is 18.2. The molecule has 0 bridgehead atoms. The summed E-state index contributed by atoms with van der Waals surface area (Å²) in [5.74, 6) is 1.89. The van der Waals surface area contributed by atoms with E-state index in [1.165, 1.54) is 0 Å². The van der Waals surface area contributed by atoms with Gasteiger partial charge in [-0.3, -0.25) is 4.79 Å². The summed E-state index contributed by atoms with van der Waals surface area (Å²) in [7, 11) is 0. The van der Waals surface area contributed by atoms with Gasteiger partial charge >= 0.3 is 6.09 Å². The molecule has 1 atom stereocenters. The number of amides is 2. The van der Waals surface area contributed by atoms with Crippen LogP contribution in [0.5, 0.6) is 5.75 Å². The number of benzene rings is 1. The molecule has 1 aromatic carbocycles. The predicted octanol–water partition coefficient (Wildman–Crippen LogP) is 4.32. The molecule has 4 heterocycles. The third kappa shape index (κ3) is 5.63. The summed E-state index contributed by atoms with van der Waals surface area (Å²) < 4.78 is 11.8. The quantitative estimate of drug-likeness (QED) is 0.620. The molecule has 2 amide bonds. The zero-order valence-corrected chi connectivity index (χ0v) is 22.8. The number of nitrogens with one attached hydrogen (secondary N) is 1. The molecule has 204 valence electrons. The molecule has 1 unspecified atom stereocenters. The normalized spacial score (nSPS) is 20.1. The van der Waals surface area contributed by atoms with Crippen molar-refractivity contribution < 1.29 is 19.1 Å². The van der Waals surface area contributed by atoms with Gasteiger partial charge in [0.2, 0.25) is 5.95 Å². The molecule has 2 saturated heterocycles.